The lowest BCUT2D eigenvalue weighted by Crippen LogP contribution is -2.48. The first-order chi connectivity index (χ1) is 17.7. The zero-order valence-corrected chi connectivity index (χ0v) is 19.4. The molecule has 0 bridgehead atoms. The quantitative estimate of drug-likeness (QED) is 0.409. The number of anilines is 1. The Kier molecular flexibility index (Phi) is 5.94. The van der Waals surface area contributed by atoms with E-state index in [1.165, 1.54) is 18.2 Å². The molecule has 0 N–H and O–H groups in total. The highest BCUT2D eigenvalue weighted by Crippen LogP contribution is 2.34. The Hall–Kier alpha value is -4.05. The van der Waals surface area contributed by atoms with E-state index in [1.54, 1.807) is 28.9 Å². The van der Waals surface area contributed by atoms with Crippen molar-refractivity contribution in [3.05, 3.63) is 95.3 Å². The van der Waals surface area contributed by atoms with Crippen LogP contribution in [0.1, 0.15) is 23.0 Å². The Morgan fingerprint density at radius 2 is 1.64 bits per heavy atom. The van der Waals surface area contributed by atoms with Crippen LogP contribution in [0.4, 0.5) is 14.5 Å². The van der Waals surface area contributed by atoms with Crippen LogP contribution in [0.3, 0.4) is 0 Å². The van der Waals surface area contributed by atoms with Crippen molar-refractivity contribution < 1.29 is 18.3 Å². The molecule has 36 heavy (non-hydrogen) atoms. The summed E-state index contributed by atoms with van der Waals surface area (Å²) in [5.74, 6) is 1.39. The van der Waals surface area contributed by atoms with Crippen LogP contribution in [0.25, 0.3) is 0 Å². The number of fused-ring (bicyclic) bond motifs is 1. The molecule has 10 heteroatoms. The van der Waals surface area contributed by atoms with Crippen LogP contribution < -0.4 is 14.4 Å². The number of halogens is 2. The zero-order valence-electron chi connectivity index (χ0n) is 19.4. The first-order valence-corrected chi connectivity index (χ1v) is 11.8. The van der Waals surface area contributed by atoms with Crippen LogP contribution in [-0.2, 0) is 6.54 Å². The van der Waals surface area contributed by atoms with Crippen molar-refractivity contribution >= 4 is 5.69 Å². The fourth-order valence-corrected chi connectivity index (χ4v) is 4.82. The van der Waals surface area contributed by atoms with Gasteiger partial charge in [0.25, 0.3) is 0 Å². The summed E-state index contributed by atoms with van der Waals surface area (Å²) >= 11 is 0. The second kappa shape index (κ2) is 9.54. The molecule has 6 rings (SSSR count). The standard InChI is InChI=1S/C26H24F2N6O2/c27-19-6-8-20(9-7-19)32-11-13-33(14-12-32)25(21-3-1-2-4-22(21)28)26-29-30-31-34(26)16-18-5-10-23-24(15-18)36-17-35-23/h1-10,15,25H,11-14,16-17H2. The van der Waals surface area contributed by atoms with Crippen LogP contribution in [0.5, 0.6) is 11.5 Å². The Balaban J connectivity index is 1.28. The van der Waals surface area contributed by atoms with Crippen molar-refractivity contribution in [3.8, 4) is 11.5 Å². The fraction of sp³-hybridized carbons (Fsp3) is 0.269. The normalized spacial score (nSPS) is 16.3. The van der Waals surface area contributed by atoms with E-state index in [-0.39, 0.29) is 18.4 Å². The molecule has 3 heterocycles. The van der Waals surface area contributed by atoms with E-state index >= 15 is 4.39 Å². The number of benzene rings is 3. The van der Waals surface area contributed by atoms with Gasteiger partial charge in [0, 0.05) is 37.4 Å². The highest BCUT2D eigenvalue weighted by atomic mass is 19.1. The summed E-state index contributed by atoms with van der Waals surface area (Å²) in [5.41, 5.74) is 2.43. The Bertz CT molecular complexity index is 1350. The molecule has 0 radical (unpaired) electrons. The summed E-state index contributed by atoms with van der Waals surface area (Å²) in [6.07, 6.45) is 0. The van der Waals surface area contributed by atoms with Crippen LogP contribution in [0, 0.1) is 11.6 Å². The number of nitrogens with zero attached hydrogens (tertiary/aromatic N) is 6. The molecule has 0 spiro atoms. The summed E-state index contributed by atoms with van der Waals surface area (Å²) in [5, 5.41) is 12.5. The summed E-state index contributed by atoms with van der Waals surface area (Å²) in [6.45, 7) is 3.34. The summed E-state index contributed by atoms with van der Waals surface area (Å²) in [6, 6.07) is 18.5. The number of hydrogen-bond donors (Lipinski definition) is 0. The van der Waals surface area contributed by atoms with Gasteiger partial charge in [0.1, 0.15) is 17.7 Å². The van der Waals surface area contributed by atoms with Gasteiger partial charge in [0.2, 0.25) is 6.79 Å². The molecule has 4 aromatic rings. The third-order valence-electron chi connectivity index (χ3n) is 6.64. The maximum absolute atomic E-state index is 15.1. The Morgan fingerprint density at radius 3 is 2.44 bits per heavy atom. The topological polar surface area (TPSA) is 68.5 Å². The van der Waals surface area contributed by atoms with E-state index in [0.717, 1.165) is 11.3 Å². The van der Waals surface area contributed by atoms with Crippen molar-refractivity contribution in [2.45, 2.75) is 12.6 Å². The predicted octanol–water partition coefficient (Wildman–Crippen LogP) is 3.64. The molecule has 0 aliphatic carbocycles. The molecule has 1 aromatic heterocycles. The van der Waals surface area contributed by atoms with E-state index in [2.05, 4.69) is 25.3 Å². The van der Waals surface area contributed by atoms with Crippen molar-refractivity contribution in [1.82, 2.24) is 25.1 Å². The zero-order chi connectivity index (χ0) is 24.5. The second-order valence-electron chi connectivity index (χ2n) is 8.81. The molecular weight excluding hydrogens is 466 g/mol. The smallest absolute Gasteiger partial charge is 0.231 e. The lowest BCUT2D eigenvalue weighted by molar-refractivity contribution is 0.174. The van der Waals surface area contributed by atoms with E-state index in [9.17, 15) is 4.39 Å². The first-order valence-electron chi connectivity index (χ1n) is 11.8. The SMILES string of the molecule is Fc1ccc(N2CCN(C(c3ccccc3F)c3nnnn3Cc3ccc4c(c3)OCO4)CC2)cc1. The molecule has 0 amide bonds. The molecule has 2 aliphatic heterocycles. The van der Waals surface area contributed by atoms with Gasteiger partial charge >= 0.3 is 0 Å². The van der Waals surface area contributed by atoms with E-state index in [4.69, 9.17) is 9.47 Å². The summed E-state index contributed by atoms with van der Waals surface area (Å²) < 4.78 is 41.1. The van der Waals surface area contributed by atoms with Gasteiger partial charge in [-0.25, -0.2) is 13.5 Å². The average Bonchev–Trinajstić information content (AvgIpc) is 3.56. The lowest BCUT2D eigenvalue weighted by atomic mass is 10.0. The van der Waals surface area contributed by atoms with Gasteiger partial charge in [-0.3, -0.25) is 4.90 Å². The molecule has 8 nitrogen and oxygen atoms in total. The van der Waals surface area contributed by atoms with Crippen molar-refractivity contribution in [1.29, 1.82) is 0 Å². The number of aromatic nitrogens is 4. The molecule has 1 unspecified atom stereocenters. The third kappa shape index (κ3) is 4.35. The highest BCUT2D eigenvalue weighted by Gasteiger charge is 2.32. The van der Waals surface area contributed by atoms with Gasteiger partial charge < -0.3 is 14.4 Å². The highest BCUT2D eigenvalue weighted by molar-refractivity contribution is 5.47. The molecule has 0 saturated carbocycles. The molecule has 3 aromatic carbocycles. The second-order valence-corrected chi connectivity index (χ2v) is 8.81. The third-order valence-corrected chi connectivity index (χ3v) is 6.64. The van der Waals surface area contributed by atoms with E-state index in [1.807, 2.05) is 24.3 Å². The number of piperazine rings is 1. The van der Waals surface area contributed by atoms with Gasteiger partial charge in [-0.15, -0.1) is 5.10 Å². The maximum atomic E-state index is 15.1. The van der Waals surface area contributed by atoms with Gasteiger partial charge in [0.15, 0.2) is 17.3 Å². The number of ether oxygens (including phenoxy) is 2. The molecule has 184 valence electrons. The van der Waals surface area contributed by atoms with Crippen molar-refractivity contribution in [2.24, 2.45) is 0 Å². The van der Waals surface area contributed by atoms with Gasteiger partial charge in [-0.05, 0) is 58.5 Å². The minimum Gasteiger partial charge on any atom is -0.454 e. The van der Waals surface area contributed by atoms with Gasteiger partial charge in [-0.1, -0.05) is 24.3 Å². The Labute approximate surface area is 206 Å². The first kappa shape index (κ1) is 22.4. The van der Waals surface area contributed by atoms with Gasteiger partial charge in [0.05, 0.1) is 6.54 Å². The largest absolute Gasteiger partial charge is 0.454 e. The van der Waals surface area contributed by atoms with E-state index < -0.39 is 6.04 Å². The molecule has 2 aliphatic rings. The van der Waals surface area contributed by atoms with Crippen LogP contribution in [0.2, 0.25) is 0 Å². The number of hydrogen-bond acceptors (Lipinski definition) is 7. The molecule has 1 atom stereocenters. The molecule has 1 fully saturated rings. The lowest BCUT2D eigenvalue weighted by Gasteiger charge is -2.40. The average molecular weight is 491 g/mol. The fourth-order valence-electron chi connectivity index (χ4n) is 4.82. The summed E-state index contributed by atoms with van der Waals surface area (Å²) in [4.78, 5) is 4.39. The Morgan fingerprint density at radius 1 is 0.861 bits per heavy atom. The van der Waals surface area contributed by atoms with Crippen LogP contribution in [-0.4, -0.2) is 58.1 Å². The minimum atomic E-state index is -0.467. The maximum Gasteiger partial charge on any atom is 0.231 e. The number of rotatable bonds is 6. The predicted molar refractivity (Wildman–Crippen MR) is 128 cm³/mol. The van der Waals surface area contributed by atoms with E-state index in [0.29, 0.717) is 55.6 Å². The van der Waals surface area contributed by atoms with Crippen LogP contribution in [0.15, 0.2) is 66.7 Å². The summed E-state index contributed by atoms with van der Waals surface area (Å²) in [7, 11) is 0. The molecule has 1 saturated heterocycles. The van der Waals surface area contributed by atoms with Gasteiger partial charge in [-0.2, -0.15) is 0 Å². The van der Waals surface area contributed by atoms with Crippen molar-refractivity contribution in [2.75, 3.05) is 37.9 Å². The van der Waals surface area contributed by atoms with Crippen LogP contribution >= 0.6 is 0 Å². The van der Waals surface area contributed by atoms with Crippen molar-refractivity contribution in [3.63, 3.8) is 0 Å². The monoisotopic (exact) mass is 490 g/mol. The number of tetrazole rings is 1. The molecular formula is C26H24F2N6O2. The minimum absolute atomic E-state index is 0.203.